The first-order chi connectivity index (χ1) is 11.2. The minimum absolute atomic E-state index is 0.0308. The van der Waals surface area contributed by atoms with Crippen molar-refractivity contribution in [3.63, 3.8) is 0 Å². The maximum absolute atomic E-state index is 13.1. The highest BCUT2D eigenvalue weighted by Gasteiger charge is 2.34. The monoisotopic (exact) mass is 342 g/mol. The van der Waals surface area contributed by atoms with Gasteiger partial charge in [-0.15, -0.1) is 0 Å². The molecule has 1 aromatic carbocycles. The smallest absolute Gasteiger partial charge is 0.334 e. The van der Waals surface area contributed by atoms with E-state index in [1.165, 1.54) is 13.0 Å². The maximum Gasteiger partial charge on any atom is 0.418 e. The van der Waals surface area contributed by atoms with E-state index in [1.54, 1.807) is 6.92 Å². The lowest BCUT2D eigenvalue weighted by molar-refractivity contribution is -0.137. The molecule has 0 aliphatic carbocycles. The lowest BCUT2D eigenvalue weighted by atomic mass is 10.1. The minimum Gasteiger partial charge on any atom is -0.334 e. The van der Waals surface area contributed by atoms with Crippen LogP contribution in [-0.4, -0.2) is 18.0 Å². The van der Waals surface area contributed by atoms with Crippen LogP contribution in [0.5, 0.6) is 0 Å². The van der Waals surface area contributed by atoms with Crippen molar-refractivity contribution in [2.24, 2.45) is 0 Å². The molecule has 0 aliphatic heterocycles. The molecule has 0 bridgehead atoms. The Morgan fingerprint density at radius 3 is 2.46 bits per heavy atom. The first-order valence-electron chi connectivity index (χ1n) is 7.10. The first kappa shape index (κ1) is 19.3. The zero-order valence-electron chi connectivity index (χ0n) is 13.1. The number of alkyl halides is 3. The molecule has 0 aromatic heterocycles. The van der Waals surface area contributed by atoms with Crippen LogP contribution in [0.2, 0.25) is 0 Å². The first-order valence-corrected chi connectivity index (χ1v) is 7.10. The van der Waals surface area contributed by atoms with E-state index in [0.29, 0.717) is 6.42 Å². The third-order valence-electron chi connectivity index (χ3n) is 3.06. The quantitative estimate of drug-likeness (QED) is 0.765. The number of nitrogens with one attached hydrogen (secondary N) is 3. The summed E-state index contributed by atoms with van der Waals surface area (Å²) < 4.78 is 39.4. The third kappa shape index (κ3) is 5.79. The largest absolute Gasteiger partial charge is 0.418 e. The summed E-state index contributed by atoms with van der Waals surface area (Å²) in [4.78, 5) is 22.8. The van der Waals surface area contributed by atoms with Gasteiger partial charge in [0.2, 0.25) is 5.91 Å². The van der Waals surface area contributed by atoms with E-state index in [1.807, 2.05) is 6.07 Å². The molecule has 0 saturated heterocycles. The normalized spacial score (nSPS) is 12.0. The molecule has 130 valence electrons. The Morgan fingerprint density at radius 2 is 1.96 bits per heavy atom. The molecule has 6 nitrogen and oxygen atoms in total. The molecule has 0 aliphatic rings. The molecule has 1 unspecified atom stereocenters. The second-order valence-corrected chi connectivity index (χ2v) is 5.01. The number of nitrogens with zero attached hydrogens (tertiary/aromatic N) is 1. The molecule has 24 heavy (non-hydrogen) atoms. The summed E-state index contributed by atoms with van der Waals surface area (Å²) in [5.74, 6) is -0.510. The highest BCUT2D eigenvalue weighted by atomic mass is 19.4. The highest BCUT2D eigenvalue weighted by Crippen LogP contribution is 2.36. The number of urea groups is 1. The number of amides is 3. The van der Waals surface area contributed by atoms with Crippen molar-refractivity contribution in [3.8, 4) is 6.07 Å². The number of carbonyl (C=O) groups excluding carboxylic acids is 2. The summed E-state index contributed by atoms with van der Waals surface area (Å²) >= 11 is 0. The number of carbonyl (C=O) groups is 2. The van der Waals surface area contributed by atoms with Crippen molar-refractivity contribution in [3.05, 3.63) is 23.8 Å². The van der Waals surface area contributed by atoms with Crippen molar-refractivity contribution < 1.29 is 22.8 Å². The molecule has 3 amide bonds. The van der Waals surface area contributed by atoms with Gasteiger partial charge < -0.3 is 16.0 Å². The van der Waals surface area contributed by atoms with Gasteiger partial charge in [-0.2, -0.15) is 18.4 Å². The third-order valence-corrected chi connectivity index (χ3v) is 3.06. The SMILES string of the molecule is CCC(CC#N)NC(=O)Nc1ccc(NC(C)=O)cc1C(F)(F)F. The van der Waals surface area contributed by atoms with Crippen molar-refractivity contribution in [1.29, 1.82) is 5.26 Å². The lowest BCUT2D eigenvalue weighted by Gasteiger charge is -2.18. The van der Waals surface area contributed by atoms with Gasteiger partial charge in [0.25, 0.3) is 0 Å². The van der Waals surface area contributed by atoms with Gasteiger partial charge in [0.1, 0.15) is 0 Å². The molecule has 0 saturated carbocycles. The zero-order valence-corrected chi connectivity index (χ0v) is 13.1. The molecule has 1 atom stereocenters. The number of benzene rings is 1. The van der Waals surface area contributed by atoms with Gasteiger partial charge in [0.05, 0.1) is 23.7 Å². The summed E-state index contributed by atoms with van der Waals surface area (Å²) in [6.07, 6.45) is -4.19. The summed E-state index contributed by atoms with van der Waals surface area (Å²) in [5, 5.41) is 15.4. The van der Waals surface area contributed by atoms with Crippen molar-refractivity contribution >= 4 is 23.3 Å². The lowest BCUT2D eigenvalue weighted by Crippen LogP contribution is -2.37. The standard InChI is InChI=1S/C15H17F3N4O2/c1-3-10(6-7-19)21-14(24)22-13-5-4-11(20-9(2)23)8-12(13)15(16,17)18/h4-5,8,10H,3,6H2,1-2H3,(H,20,23)(H2,21,22,24). The number of hydrogen-bond donors (Lipinski definition) is 3. The van der Waals surface area contributed by atoms with Gasteiger partial charge >= 0.3 is 12.2 Å². The predicted octanol–water partition coefficient (Wildman–Crippen LogP) is 3.48. The summed E-state index contributed by atoms with van der Waals surface area (Å²) in [5.41, 5.74) is -1.56. The van der Waals surface area contributed by atoms with Crippen LogP contribution >= 0.6 is 0 Å². The van der Waals surface area contributed by atoms with Gasteiger partial charge in [-0.05, 0) is 24.6 Å². The van der Waals surface area contributed by atoms with Gasteiger partial charge in [-0.1, -0.05) is 6.92 Å². The molecular weight excluding hydrogens is 325 g/mol. The maximum atomic E-state index is 13.1. The average Bonchev–Trinajstić information content (AvgIpc) is 2.46. The summed E-state index contributed by atoms with van der Waals surface area (Å²) in [6.45, 7) is 2.92. The number of nitriles is 1. The minimum atomic E-state index is -4.71. The van der Waals surface area contributed by atoms with E-state index < -0.39 is 35.4 Å². The average molecular weight is 342 g/mol. The van der Waals surface area contributed by atoms with Crippen LogP contribution in [0.3, 0.4) is 0 Å². The highest BCUT2D eigenvalue weighted by molar-refractivity contribution is 5.92. The second-order valence-electron chi connectivity index (χ2n) is 5.01. The molecule has 0 fully saturated rings. The van der Waals surface area contributed by atoms with E-state index in [4.69, 9.17) is 5.26 Å². The topological polar surface area (TPSA) is 94.0 Å². The van der Waals surface area contributed by atoms with Gasteiger partial charge in [-0.25, -0.2) is 4.79 Å². The fourth-order valence-corrected chi connectivity index (χ4v) is 1.92. The van der Waals surface area contributed by atoms with E-state index in [0.717, 1.165) is 12.1 Å². The molecular formula is C15H17F3N4O2. The molecule has 9 heteroatoms. The van der Waals surface area contributed by atoms with Gasteiger partial charge in [-0.3, -0.25) is 4.79 Å². The van der Waals surface area contributed by atoms with Crippen LogP contribution in [-0.2, 0) is 11.0 Å². The van der Waals surface area contributed by atoms with Crippen LogP contribution < -0.4 is 16.0 Å². The molecule has 0 radical (unpaired) electrons. The molecule has 1 aromatic rings. The van der Waals surface area contributed by atoms with E-state index in [-0.39, 0.29) is 12.1 Å². The molecule has 0 heterocycles. The van der Waals surface area contributed by atoms with Crippen molar-refractivity contribution in [2.45, 2.75) is 38.9 Å². The molecule has 1 rings (SSSR count). The fourth-order valence-electron chi connectivity index (χ4n) is 1.92. The van der Waals surface area contributed by atoms with Crippen LogP contribution in [0.1, 0.15) is 32.3 Å². The van der Waals surface area contributed by atoms with Crippen LogP contribution in [0.15, 0.2) is 18.2 Å². The predicted molar refractivity (Wildman–Crippen MR) is 82.2 cm³/mol. The summed E-state index contributed by atoms with van der Waals surface area (Å²) in [7, 11) is 0. The number of rotatable bonds is 5. The Labute approximate surface area is 137 Å². The number of anilines is 2. The number of halogens is 3. The van der Waals surface area contributed by atoms with E-state index >= 15 is 0 Å². The van der Waals surface area contributed by atoms with Crippen molar-refractivity contribution in [1.82, 2.24) is 5.32 Å². The van der Waals surface area contributed by atoms with E-state index in [2.05, 4.69) is 16.0 Å². The number of hydrogen-bond acceptors (Lipinski definition) is 3. The Balaban J connectivity index is 3.00. The molecule has 3 N–H and O–H groups in total. The molecule has 0 spiro atoms. The fraction of sp³-hybridized carbons (Fsp3) is 0.400. The van der Waals surface area contributed by atoms with Crippen LogP contribution in [0.25, 0.3) is 0 Å². The van der Waals surface area contributed by atoms with Crippen LogP contribution in [0.4, 0.5) is 29.3 Å². The van der Waals surface area contributed by atoms with Crippen molar-refractivity contribution in [2.75, 3.05) is 10.6 Å². The Morgan fingerprint density at radius 1 is 1.29 bits per heavy atom. The van der Waals surface area contributed by atoms with E-state index in [9.17, 15) is 22.8 Å². The Bertz CT molecular complexity index is 653. The van der Waals surface area contributed by atoms with Crippen LogP contribution in [0, 0.1) is 11.3 Å². The van der Waals surface area contributed by atoms with Gasteiger partial charge in [0, 0.05) is 18.7 Å². The van der Waals surface area contributed by atoms with Gasteiger partial charge in [0.15, 0.2) is 0 Å². The summed E-state index contributed by atoms with van der Waals surface area (Å²) in [6, 6.07) is 3.64. The second kappa shape index (κ2) is 8.19. The zero-order chi connectivity index (χ0) is 18.3. The Kier molecular flexibility index (Phi) is 6.58. The Hall–Kier alpha value is -2.76.